The first-order chi connectivity index (χ1) is 13.6. The molecule has 6 rings (SSSR count). The van der Waals surface area contributed by atoms with Crippen molar-refractivity contribution in [2.45, 2.75) is 77.9 Å². The molecule has 0 saturated heterocycles. The minimum atomic E-state index is 0.529. The van der Waals surface area contributed by atoms with Gasteiger partial charge in [0.05, 0.1) is 6.54 Å². The highest BCUT2D eigenvalue weighted by Crippen LogP contribution is 2.61. The van der Waals surface area contributed by atoms with Crippen molar-refractivity contribution in [3.8, 4) is 11.3 Å². The Balaban J connectivity index is 1.34. The van der Waals surface area contributed by atoms with Crippen molar-refractivity contribution in [1.29, 1.82) is 0 Å². The van der Waals surface area contributed by atoms with E-state index >= 15 is 0 Å². The van der Waals surface area contributed by atoms with Crippen LogP contribution in [0.25, 0.3) is 11.3 Å². The van der Waals surface area contributed by atoms with Crippen LogP contribution in [0.2, 0.25) is 0 Å². The number of hydrogen-bond acceptors (Lipinski definition) is 3. The highest BCUT2D eigenvalue weighted by atomic mass is 15.5. The largest absolute Gasteiger partial charge is 0.308 e. The van der Waals surface area contributed by atoms with Gasteiger partial charge in [0.15, 0.2) is 0 Å². The summed E-state index contributed by atoms with van der Waals surface area (Å²) in [5.74, 6) is 3.00. The monoisotopic (exact) mass is 378 g/mol. The molecule has 0 spiro atoms. The van der Waals surface area contributed by atoms with E-state index in [9.17, 15) is 0 Å². The van der Waals surface area contributed by atoms with Crippen molar-refractivity contribution in [2.75, 3.05) is 0 Å². The maximum atomic E-state index is 4.84. The Kier molecular flexibility index (Phi) is 4.78. The Morgan fingerprint density at radius 1 is 1.04 bits per heavy atom. The Hall–Kier alpha value is -1.68. The van der Waals surface area contributed by atoms with E-state index in [1.165, 1.54) is 44.1 Å². The molecule has 28 heavy (non-hydrogen) atoms. The van der Waals surface area contributed by atoms with Crippen molar-refractivity contribution in [2.24, 2.45) is 23.2 Å². The molecule has 4 fully saturated rings. The first-order valence-corrected chi connectivity index (χ1v) is 11.4. The lowest BCUT2D eigenvalue weighted by molar-refractivity contribution is -0.0707. The topological polar surface area (TPSA) is 42.7 Å². The number of nitrogens with one attached hydrogen (secondary N) is 1. The van der Waals surface area contributed by atoms with Crippen molar-refractivity contribution < 1.29 is 0 Å². The van der Waals surface area contributed by atoms with Crippen LogP contribution in [0.4, 0.5) is 0 Å². The third kappa shape index (κ3) is 3.30. The first-order valence-electron chi connectivity index (χ1n) is 11.4. The molecule has 2 aromatic rings. The summed E-state index contributed by atoms with van der Waals surface area (Å²) >= 11 is 0. The van der Waals surface area contributed by atoms with Gasteiger partial charge in [-0.3, -0.25) is 0 Å². The molecular formula is C24H34N4. The van der Waals surface area contributed by atoms with Crippen LogP contribution in [0, 0.1) is 23.2 Å². The van der Waals surface area contributed by atoms with Crippen LogP contribution in [-0.4, -0.2) is 21.0 Å². The van der Waals surface area contributed by atoms with Crippen LogP contribution >= 0.6 is 0 Å². The van der Waals surface area contributed by atoms with E-state index in [4.69, 9.17) is 10.2 Å². The summed E-state index contributed by atoms with van der Waals surface area (Å²) < 4.78 is 0. The Morgan fingerprint density at radius 2 is 1.68 bits per heavy atom. The average molecular weight is 379 g/mol. The third-order valence-electron chi connectivity index (χ3n) is 7.78. The standard InChI is InChI=1S/C24H34N4/c1-3-9-28-26-22(23(27-28)21-7-5-4-6-8-21)16-25-17(2)24-13-18-10-19(14-24)12-20(11-18)15-24/h4-8,17-20,25H,3,9-16H2,1-2H3/t17-,18?,19?,20?,24?/m0/s1. The number of hydrogen-bond donors (Lipinski definition) is 1. The fourth-order valence-corrected chi connectivity index (χ4v) is 6.80. The van der Waals surface area contributed by atoms with Crippen LogP contribution in [0.1, 0.15) is 64.5 Å². The molecule has 1 atom stereocenters. The zero-order valence-electron chi connectivity index (χ0n) is 17.4. The van der Waals surface area contributed by atoms with E-state index < -0.39 is 0 Å². The molecule has 150 valence electrons. The second-order valence-electron chi connectivity index (χ2n) is 9.84. The molecule has 1 aromatic carbocycles. The maximum Gasteiger partial charge on any atom is 0.117 e. The van der Waals surface area contributed by atoms with Gasteiger partial charge in [-0.15, -0.1) is 0 Å². The van der Waals surface area contributed by atoms with Gasteiger partial charge < -0.3 is 5.32 Å². The SMILES string of the molecule is CCCn1nc(CN[C@@H](C)C23CC4CC(CC(C4)C2)C3)c(-c2ccccc2)n1. The lowest BCUT2D eigenvalue weighted by Gasteiger charge is -2.59. The van der Waals surface area contributed by atoms with Crippen molar-refractivity contribution in [3.63, 3.8) is 0 Å². The fraction of sp³-hybridized carbons (Fsp3) is 0.667. The zero-order valence-corrected chi connectivity index (χ0v) is 17.4. The molecule has 4 heteroatoms. The number of aromatic nitrogens is 3. The molecular weight excluding hydrogens is 344 g/mol. The smallest absolute Gasteiger partial charge is 0.117 e. The maximum absolute atomic E-state index is 4.84. The predicted octanol–water partition coefficient (Wildman–Crippen LogP) is 5.05. The first kappa shape index (κ1) is 18.4. The van der Waals surface area contributed by atoms with E-state index in [1.54, 1.807) is 0 Å². The van der Waals surface area contributed by atoms with E-state index in [1.807, 2.05) is 4.80 Å². The van der Waals surface area contributed by atoms with Crippen molar-refractivity contribution in [3.05, 3.63) is 36.0 Å². The van der Waals surface area contributed by atoms with Crippen LogP contribution < -0.4 is 5.32 Å². The molecule has 0 amide bonds. The van der Waals surface area contributed by atoms with E-state index in [0.717, 1.165) is 48.7 Å². The molecule has 4 aliphatic carbocycles. The molecule has 0 unspecified atom stereocenters. The third-order valence-corrected chi connectivity index (χ3v) is 7.78. The Morgan fingerprint density at radius 3 is 2.29 bits per heavy atom. The molecule has 0 aliphatic heterocycles. The van der Waals surface area contributed by atoms with Gasteiger partial charge in [0.25, 0.3) is 0 Å². The molecule has 4 aliphatic rings. The highest BCUT2D eigenvalue weighted by Gasteiger charge is 2.52. The fourth-order valence-electron chi connectivity index (χ4n) is 6.80. The summed E-state index contributed by atoms with van der Waals surface area (Å²) in [5.41, 5.74) is 3.83. The number of benzene rings is 1. The molecule has 1 aromatic heterocycles. The lowest BCUT2D eigenvalue weighted by atomic mass is 9.48. The Bertz CT molecular complexity index is 774. The van der Waals surface area contributed by atoms with Crippen LogP contribution in [0.5, 0.6) is 0 Å². The summed E-state index contributed by atoms with van der Waals surface area (Å²) in [7, 11) is 0. The van der Waals surface area contributed by atoms with Crippen molar-refractivity contribution >= 4 is 0 Å². The van der Waals surface area contributed by atoms with Crippen molar-refractivity contribution in [1.82, 2.24) is 20.3 Å². The van der Waals surface area contributed by atoms with Gasteiger partial charge in [0, 0.05) is 18.2 Å². The molecule has 0 radical (unpaired) electrons. The van der Waals surface area contributed by atoms with E-state index in [-0.39, 0.29) is 0 Å². The summed E-state index contributed by atoms with van der Waals surface area (Å²) in [6.45, 7) is 6.31. The van der Waals surface area contributed by atoms with Crippen LogP contribution in [0.3, 0.4) is 0 Å². The quantitative estimate of drug-likeness (QED) is 0.733. The second kappa shape index (κ2) is 7.29. The van der Waals surface area contributed by atoms with E-state index in [0.29, 0.717) is 11.5 Å². The summed E-state index contributed by atoms with van der Waals surface area (Å²) in [4.78, 5) is 1.88. The highest BCUT2D eigenvalue weighted by molar-refractivity contribution is 5.60. The molecule has 4 nitrogen and oxygen atoms in total. The van der Waals surface area contributed by atoms with Gasteiger partial charge >= 0.3 is 0 Å². The zero-order chi connectivity index (χ0) is 19.1. The Labute approximate surface area is 169 Å². The van der Waals surface area contributed by atoms with E-state index in [2.05, 4.69) is 49.5 Å². The van der Waals surface area contributed by atoms with Gasteiger partial charge in [-0.1, -0.05) is 37.3 Å². The van der Waals surface area contributed by atoms with Gasteiger partial charge in [-0.25, -0.2) is 0 Å². The number of aryl methyl sites for hydroxylation is 1. The minimum Gasteiger partial charge on any atom is -0.308 e. The van der Waals surface area contributed by atoms with Gasteiger partial charge in [0.1, 0.15) is 11.4 Å². The summed E-state index contributed by atoms with van der Waals surface area (Å²) in [6.07, 6.45) is 9.92. The predicted molar refractivity (Wildman–Crippen MR) is 113 cm³/mol. The molecule has 4 bridgehead atoms. The second-order valence-corrected chi connectivity index (χ2v) is 9.84. The molecule has 1 N–H and O–H groups in total. The minimum absolute atomic E-state index is 0.529. The summed E-state index contributed by atoms with van der Waals surface area (Å²) in [6, 6.07) is 11.1. The van der Waals surface area contributed by atoms with Crippen LogP contribution in [0.15, 0.2) is 30.3 Å². The summed E-state index contributed by atoms with van der Waals surface area (Å²) in [5, 5.41) is 13.5. The van der Waals surface area contributed by atoms with Crippen LogP contribution in [-0.2, 0) is 13.1 Å². The van der Waals surface area contributed by atoms with Gasteiger partial charge in [-0.2, -0.15) is 15.0 Å². The molecule has 1 heterocycles. The lowest BCUT2D eigenvalue weighted by Crippen LogP contribution is -2.54. The normalized spacial score (nSPS) is 32.0. The number of rotatable bonds is 7. The van der Waals surface area contributed by atoms with Gasteiger partial charge in [-0.05, 0) is 75.0 Å². The number of nitrogens with zero attached hydrogens (tertiary/aromatic N) is 3. The van der Waals surface area contributed by atoms with Gasteiger partial charge in [0.2, 0.25) is 0 Å². The molecule has 4 saturated carbocycles. The average Bonchev–Trinajstić information content (AvgIpc) is 3.09.